The largest absolute Gasteiger partial charge is 0.315 e. The number of hydrogen-bond donors (Lipinski definition) is 2. The zero-order chi connectivity index (χ0) is 14.5. The average Bonchev–Trinajstić information content (AvgIpc) is 2.43. The molecule has 2 aromatic rings. The van der Waals surface area contributed by atoms with Crippen LogP contribution in [-0.2, 0) is 9.59 Å². The van der Waals surface area contributed by atoms with Gasteiger partial charge in [-0.2, -0.15) is 0 Å². The molecule has 0 radical (unpaired) electrons. The maximum atomic E-state index is 13.3. The van der Waals surface area contributed by atoms with Gasteiger partial charge in [0, 0.05) is 6.20 Å². The summed E-state index contributed by atoms with van der Waals surface area (Å²) in [6, 6.07) is 9.06. The number of amides is 2. The molecule has 1 aromatic heterocycles. The Labute approximate surface area is 114 Å². The zero-order valence-electron chi connectivity index (χ0n) is 10.7. The number of carbonyl (C=O) groups is 2. The monoisotopic (exact) mass is 273 g/mol. The highest BCUT2D eigenvalue weighted by molar-refractivity contribution is 6.43. The van der Waals surface area contributed by atoms with Gasteiger partial charge in [-0.1, -0.05) is 18.2 Å². The smallest absolute Gasteiger partial charge is 0.315 e. The van der Waals surface area contributed by atoms with Gasteiger partial charge in [0.15, 0.2) is 0 Å². The van der Waals surface area contributed by atoms with Crippen molar-refractivity contribution in [2.24, 2.45) is 0 Å². The number of rotatable bonds is 2. The fourth-order valence-electron chi connectivity index (χ4n) is 1.52. The van der Waals surface area contributed by atoms with Crippen LogP contribution in [-0.4, -0.2) is 16.8 Å². The fraction of sp³-hybridized carbons (Fsp3) is 0.0714. The minimum atomic E-state index is -0.958. The van der Waals surface area contributed by atoms with Gasteiger partial charge in [0.2, 0.25) is 0 Å². The summed E-state index contributed by atoms with van der Waals surface area (Å²) < 4.78 is 13.3. The van der Waals surface area contributed by atoms with E-state index >= 15 is 0 Å². The van der Waals surface area contributed by atoms with Gasteiger partial charge in [-0.3, -0.25) is 9.59 Å². The van der Waals surface area contributed by atoms with Crippen molar-refractivity contribution in [3.63, 3.8) is 0 Å². The second kappa shape index (κ2) is 5.92. The highest BCUT2D eigenvalue weighted by Crippen LogP contribution is 2.13. The molecule has 6 heteroatoms. The van der Waals surface area contributed by atoms with Crippen molar-refractivity contribution >= 4 is 23.3 Å². The lowest BCUT2D eigenvalue weighted by molar-refractivity contribution is -0.133. The Morgan fingerprint density at radius 1 is 1.05 bits per heavy atom. The summed E-state index contributed by atoms with van der Waals surface area (Å²) in [7, 11) is 0. The summed E-state index contributed by atoms with van der Waals surface area (Å²) in [6.07, 6.45) is 1.50. The van der Waals surface area contributed by atoms with E-state index in [-0.39, 0.29) is 5.69 Å². The number of nitrogens with one attached hydrogen (secondary N) is 2. The molecule has 1 aromatic carbocycles. The van der Waals surface area contributed by atoms with Gasteiger partial charge >= 0.3 is 11.8 Å². The molecule has 0 bridgehead atoms. The molecule has 2 amide bonds. The van der Waals surface area contributed by atoms with Crippen LogP contribution < -0.4 is 10.6 Å². The van der Waals surface area contributed by atoms with Gasteiger partial charge in [0.25, 0.3) is 0 Å². The molecule has 1 heterocycles. The highest BCUT2D eigenvalue weighted by atomic mass is 19.1. The number of halogens is 1. The van der Waals surface area contributed by atoms with Crippen LogP contribution in [0.25, 0.3) is 0 Å². The minimum absolute atomic E-state index is 0.0506. The predicted molar refractivity (Wildman–Crippen MR) is 72.6 cm³/mol. The maximum absolute atomic E-state index is 13.3. The van der Waals surface area contributed by atoms with E-state index in [0.717, 1.165) is 5.56 Å². The molecule has 20 heavy (non-hydrogen) atoms. The van der Waals surface area contributed by atoms with E-state index in [1.54, 1.807) is 25.1 Å². The van der Waals surface area contributed by atoms with Crippen molar-refractivity contribution in [1.29, 1.82) is 0 Å². The average molecular weight is 273 g/mol. The molecular formula is C14H12FN3O2. The number of aromatic nitrogens is 1. The maximum Gasteiger partial charge on any atom is 0.315 e. The number of pyridine rings is 1. The van der Waals surface area contributed by atoms with E-state index in [4.69, 9.17) is 0 Å². The minimum Gasteiger partial charge on any atom is -0.315 e. The van der Waals surface area contributed by atoms with E-state index < -0.39 is 17.6 Å². The van der Waals surface area contributed by atoms with Crippen LogP contribution in [0.5, 0.6) is 0 Å². The van der Waals surface area contributed by atoms with E-state index in [1.807, 2.05) is 0 Å². The first kappa shape index (κ1) is 13.7. The van der Waals surface area contributed by atoms with Gasteiger partial charge in [-0.25, -0.2) is 9.37 Å². The van der Waals surface area contributed by atoms with Crippen molar-refractivity contribution in [2.75, 3.05) is 10.6 Å². The number of anilines is 2. The summed E-state index contributed by atoms with van der Waals surface area (Å²) in [5, 5.41) is 4.56. The Balaban J connectivity index is 2.05. The van der Waals surface area contributed by atoms with Crippen LogP contribution in [0.1, 0.15) is 5.56 Å². The molecule has 0 atom stereocenters. The predicted octanol–water partition coefficient (Wildman–Crippen LogP) is 2.11. The topological polar surface area (TPSA) is 71.1 Å². The summed E-state index contributed by atoms with van der Waals surface area (Å²) in [5.41, 5.74) is 0.671. The van der Waals surface area contributed by atoms with Gasteiger partial charge in [-0.05, 0) is 30.7 Å². The van der Waals surface area contributed by atoms with E-state index in [1.165, 1.54) is 24.4 Å². The van der Waals surface area contributed by atoms with Crippen molar-refractivity contribution in [1.82, 2.24) is 4.98 Å². The van der Waals surface area contributed by atoms with Crippen LogP contribution in [0.4, 0.5) is 15.9 Å². The Morgan fingerprint density at radius 2 is 1.75 bits per heavy atom. The first-order chi connectivity index (χ1) is 9.58. The Bertz CT molecular complexity index is 601. The molecule has 0 spiro atoms. The fourth-order valence-corrected chi connectivity index (χ4v) is 1.52. The second-order valence-corrected chi connectivity index (χ2v) is 4.06. The van der Waals surface area contributed by atoms with Crippen LogP contribution >= 0.6 is 0 Å². The molecule has 0 aliphatic rings. The molecule has 0 aliphatic carbocycles. The van der Waals surface area contributed by atoms with Gasteiger partial charge < -0.3 is 10.6 Å². The van der Waals surface area contributed by atoms with Crippen molar-refractivity contribution in [2.45, 2.75) is 6.92 Å². The summed E-state index contributed by atoms with van der Waals surface area (Å²) >= 11 is 0. The number of para-hydroxylation sites is 1. The van der Waals surface area contributed by atoms with Gasteiger partial charge in [0.05, 0.1) is 5.69 Å². The third kappa shape index (κ3) is 3.17. The molecule has 2 N–H and O–H groups in total. The Hall–Kier alpha value is -2.76. The normalized spacial score (nSPS) is 9.90. The van der Waals surface area contributed by atoms with Crippen LogP contribution in [0.2, 0.25) is 0 Å². The first-order valence-electron chi connectivity index (χ1n) is 5.86. The molecule has 0 saturated heterocycles. The molecule has 0 aliphatic heterocycles. The molecular weight excluding hydrogens is 261 g/mol. The van der Waals surface area contributed by atoms with Crippen molar-refractivity contribution < 1.29 is 14.0 Å². The quantitative estimate of drug-likeness (QED) is 0.823. The zero-order valence-corrected chi connectivity index (χ0v) is 10.7. The number of nitrogens with zero attached hydrogens (tertiary/aromatic N) is 1. The van der Waals surface area contributed by atoms with Crippen LogP contribution in [0, 0.1) is 12.7 Å². The number of carbonyl (C=O) groups excluding carboxylic acids is 2. The number of benzene rings is 1. The van der Waals surface area contributed by atoms with E-state index in [0.29, 0.717) is 5.82 Å². The second-order valence-electron chi connectivity index (χ2n) is 4.06. The van der Waals surface area contributed by atoms with Gasteiger partial charge in [0.1, 0.15) is 11.6 Å². The third-order valence-electron chi connectivity index (χ3n) is 2.57. The van der Waals surface area contributed by atoms with Crippen LogP contribution in [0.15, 0.2) is 42.6 Å². The molecule has 0 fully saturated rings. The molecule has 2 rings (SSSR count). The lowest BCUT2D eigenvalue weighted by Crippen LogP contribution is -2.30. The molecule has 0 saturated carbocycles. The lowest BCUT2D eigenvalue weighted by atomic mass is 10.3. The van der Waals surface area contributed by atoms with Crippen LogP contribution in [0.3, 0.4) is 0 Å². The van der Waals surface area contributed by atoms with Gasteiger partial charge in [-0.15, -0.1) is 0 Å². The summed E-state index contributed by atoms with van der Waals surface area (Å²) in [4.78, 5) is 27.3. The molecule has 102 valence electrons. The van der Waals surface area contributed by atoms with Crippen molar-refractivity contribution in [3.8, 4) is 0 Å². The van der Waals surface area contributed by atoms with Crippen molar-refractivity contribution in [3.05, 3.63) is 54.0 Å². The highest BCUT2D eigenvalue weighted by Gasteiger charge is 2.16. The molecule has 5 nitrogen and oxygen atoms in total. The third-order valence-corrected chi connectivity index (χ3v) is 2.57. The lowest BCUT2D eigenvalue weighted by Gasteiger charge is -2.08. The number of hydrogen-bond acceptors (Lipinski definition) is 3. The summed E-state index contributed by atoms with van der Waals surface area (Å²) in [5.74, 6) is -2.18. The Kier molecular flexibility index (Phi) is 4.05. The Morgan fingerprint density at radius 3 is 2.45 bits per heavy atom. The standard InChI is InChI=1S/C14H12FN3O2/c1-9-5-4-8-16-12(9)18-14(20)13(19)17-11-7-3-2-6-10(11)15/h2-8H,1H3,(H,17,19)(H,16,18,20). The van der Waals surface area contributed by atoms with E-state index in [9.17, 15) is 14.0 Å². The first-order valence-corrected chi connectivity index (χ1v) is 5.86. The van der Waals surface area contributed by atoms with E-state index in [2.05, 4.69) is 15.6 Å². The molecule has 0 unspecified atom stereocenters. The summed E-state index contributed by atoms with van der Waals surface area (Å²) in [6.45, 7) is 1.75. The SMILES string of the molecule is Cc1cccnc1NC(=O)C(=O)Nc1ccccc1F. The number of aryl methyl sites for hydroxylation is 1.